The normalized spacial score (nSPS) is 17.3. The first-order valence-corrected chi connectivity index (χ1v) is 9.50. The first-order chi connectivity index (χ1) is 13.1. The number of amides is 2. The van der Waals surface area contributed by atoms with Gasteiger partial charge in [0.1, 0.15) is 11.3 Å². The van der Waals surface area contributed by atoms with Crippen LogP contribution in [0.25, 0.3) is 11.2 Å². The molecule has 2 aromatic heterocycles. The number of fused-ring (bicyclic) bond motifs is 1. The monoisotopic (exact) mass is 363 g/mol. The van der Waals surface area contributed by atoms with Crippen molar-refractivity contribution in [2.24, 2.45) is 5.92 Å². The fraction of sp³-hybridized carbons (Fsp3) is 0.381. The predicted octanol–water partition coefficient (Wildman–Crippen LogP) is 3.99. The Labute approximate surface area is 159 Å². The summed E-state index contributed by atoms with van der Waals surface area (Å²) in [6, 6.07) is 11.8. The van der Waals surface area contributed by atoms with Crippen LogP contribution in [0.5, 0.6) is 0 Å². The molecule has 1 aromatic carbocycles. The third-order valence-corrected chi connectivity index (χ3v) is 5.21. The SMILES string of the molecule is Cc1cccc(NC(=O)N2CCCC(Cn3c(C)nc4cccnc43)C2)c1. The molecule has 0 spiro atoms. The van der Waals surface area contributed by atoms with Crippen LogP contribution in [0.1, 0.15) is 24.2 Å². The van der Waals surface area contributed by atoms with Gasteiger partial charge in [-0.15, -0.1) is 0 Å². The molecule has 1 atom stereocenters. The van der Waals surface area contributed by atoms with Gasteiger partial charge in [0.05, 0.1) is 0 Å². The standard InChI is InChI=1S/C21H25N5O/c1-15-6-3-8-18(12-15)24-21(27)25-11-5-7-17(13-25)14-26-16(2)23-19-9-4-10-22-20(19)26/h3-4,6,8-10,12,17H,5,7,11,13-14H2,1-2H3,(H,24,27). The van der Waals surface area contributed by atoms with E-state index in [1.165, 1.54) is 0 Å². The van der Waals surface area contributed by atoms with E-state index in [4.69, 9.17) is 0 Å². The number of piperidine rings is 1. The van der Waals surface area contributed by atoms with Crippen molar-refractivity contribution in [3.05, 3.63) is 54.0 Å². The fourth-order valence-electron chi connectivity index (χ4n) is 3.87. The van der Waals surface area contributed by atoms with Crippen LogP contribution < -0.4 is 5.32 Å². The Morgan fingerprint density at radius 3 is 3.00 bits per heavy atom. The minimum Gasteiger partial charge on any atom is -0.324 e. The number of benzene rings is 1. The van der Waals surface area contributed by atoms with E-state index in [2.05, 4.69) is 19.9 Å². The lowest BCUT2D eigenvalue weighted by Crippen LogP contribution is -2.43. The quantitative estimate of drug-likeness (QED) is 0.765. The summed E-state index contributed by atoms with van der Waals surface area (Å²) < 4.78 is 2.18. The van der Waals surface area contributed by atoms with Gasteiger partial charge in [0.2, 0.25) is 0 Å². The summed E-state index contributed by atoms with van der Waals surface area (Å²) in [6.07, 6.45) is 3.94. The maximum Gasteiger partial charge on any atom is 0.321 e. The molecule has 0 radical (unpaired) electrons. The van der Waals surface area contributed by atoms with Crippen molar-refractivity contribution in [2.75, 3.05) is 18.4 Å². The predicted molar refractivity (Wildman–Crippen MR) is 107 cm³/mol. The Morgan fingerprint density at radius 2 is 2.15 bits per heavy atom. The van der Waals surface area contributed by atoms with Crippen LogP contribution in [-0.4, -0.2) is 38.6 Å². The number of aromatic nitrogens is 3. The zero-order valence-corrected chi connectivity index (χ0v) is 15.9. The number of carbonyl (C=O) groups excluding carboxylic acids is 1. The highest BCUT2D eigenvalue weighted by Gasteiger charge is 2.25. The van der Waals surface area contributed by atoms with Crippen molar-refractivity contribution in [3.8, 4) is 0 Å². The molecule has 1 N–H and O–H groups in total. The molecule has 1 aliphatic heterocycles. The number of pyridine rings is 1. The molecular formula is C21H25N5O. The summed E-state index contributed by atoms with van der Waals surface area (Å²) in [5.41, 5.74) is 3.85. The van der Waals surface area contributed by atoms with Gasteiger partial charge < -0.3 is 14.8 Å². The van der Waals surface area contributed by atoms with E-state index in [1.807, 2.05) is 61.3 Å². The van der Waals surface area contributed by atoms with Gasteiger partial charge in [-0.3, -0.25) is 0 Å². The van der Waals surface area contributed by atoms with Crippen molar-refractivity contribution in [1.29, 1.82) is 0 Å². The number of hydrogen-bond acceptors (Lipinski definition) is 3. The maximum atomic E-state index is 12.7. The zero-order valence-electron chi connectivity index (χ0n) is 15.9. The second-order valence-electron chi connectivity index (χ2n) is 7.37. The van der Waals surface area contributed by atoms with Crippen molar-refractivity contribution in [2.45, 2.75) is 33.2 Å². The van der Waals surface area contributed by atoms with Gasteiger partial charge in [0, 0.05) is 31.5 Å². The molecule has 0 bridgehead atoms. The lowest BCUT2D eigenvalue weighted by atomic mass is 9.98. The minimum absolute atomic E-state index is 0.0179. The van der Waals surface area contributed by atoms with Crippen LogP contribution in [0.4, 0.5) is 10.5 Å². The summed E-state index contributed by atoms with van der Waals surface area (Å²) in [4.78, 5) is 23.7. The van der Waals surface area contributed by atoms with Crippen molar-refractivity contribution >= 4 is 22.9 Å². The summed E-state index contributed by atoms with van der Waals surface area (Å²) in [7, 11) is 0. The molecule has 1 saturated heterocycles. The van der Waals surface area contributed by atoms with Crippen LogP contribution in [0, 0.1) is 19.8 Å². The molecule has 2 amide bonds. The van der Waals surface area contributed by atoms with Crippen LogP contribution in [0.2, 0.25) is 0 Å². The van der Waals surface area contributed by atoms with E-state index in [0.717, 1.165) is 60.7 Å². The lowest BCUT2D eigenvalue weighted by Gasteiger charge is -2.33. The van der Waals surface area contributed by atoms with Gasteiger partial charge in [0.15, 0.2) is 5.65 Å². The average Bonchev–Trinajstić information content (AvgIpc) is 2.97. The highest BCUT2D eigenvalue weighted by Crippen LogP contribution is 2.22. The topological polar surface area (TPSA) is 63.1 Å². The molecular weight excluding hydrogens is 338 g/mol. The van der Waals surface area contributed by atoms with E-state index < -0.39 is 0 Å². The Morgan fingerprint density at radius 1 is 1.26 bits per heavy atom. The zero-order chi connectivity index (χ0) is 18.8. The third kappa shape index (κ3) is 3.79. The molecule has 0 saturated carbocycles. The molecule has 4 rings (SSSR count). The van der Waals surface area contributed by atoms with Crippen LogP contribution in [0.3, 0.4) is 0 Å². The summed E-state index contributed by atoms with van der Waals surface area (Å²) in [5, 5.41) is 3.03. The molecule has 3 aromatic rings. The number of likely N-dealkylation sites (tertiary alicyclic amines) is 1. The molecule has 1 fully saturated rings. The van der Waals surface area contributed by atoms with E-state index in [-0.39, 0.29) is 6.03 Å². The third-order valence-electron chi connectivity index (χ3n) is 5.21. The van der Waals surface area contributed by atoms with Crippen molar-refractivity contribution < 1.29 is 4.79 Å². The Balaban J connectivity index is 1.44. The highest BCUT2D eigenvalue weighted by atomic mass is 16.2. The molecule has 0 aliphatic carbocycles. The van der Waals surface area contributed by atoms with Crippen molar-refractivity contribution in [1.82, 2.24) is 19.4 Å². The number of aryl methyl sites for hydroxylation is 2. The van der Waals surface area contributed by atoms with Gasteiger partial charge in [0.25, 0.3) is 0 Å². The molecule has 1 aliphatic rings. The second-order valence-corrected chi connectivity index (χ2v) is 7.37. The van der Waals surface area contributed by atoms with Crippen molar-refractivity contribution in [3.63, 3.8) is 0 Å². The van der Waals surface area contributed by atoms with Gasteiger partial charge in [-0.1, -0.05) is 12.1 Å². The van der Waals surface area contributed by atoms with Gasteiger partial charge >= 0.3 is 6.03 Å². The van der Waals surface area contributed by atoms with Gasteiger partial charge in [-0.2, -0.15) is 0 Å². The summed E-state index contributed by atoms with van der Waals surface area (Å²) in [5.74, 6) is 1.38. The number of hydrogen-bond donors (Lipinski definition) is 1. The molecule has 1 unspecified atom stereocenters. The first-order valence-electron chi connectivity index (χ1n) is 9.50. The van der Waals surface area contributed by atoms with Crippen LogP contribution >= 0.6 is 0 Å². The summed E-state index contributed by atoms with van der Waals surface area (Å²) in [6.45, 7) is 6.44. The van der Waals surface area contributed by atoms with E-state index in [9.17, 15) is 4.79 Å². The number of nitrogens with one attached hydrogen (secondary N) is 1. The second kappa shape index (κ2) is 7.39. The number of imidazole rings is 1. The Hall–Kier alpha value is -2.89. The van der Waals surface area contributed by atoms with E-state index >= 15 is 0 Å². The molecule has 6 heteroatoms. The summed E-state index contributed by atoms with van der Waals surface area (Å²) >= 11 is 0. The average molecular weight is 363 g/mol. The minimum atomic E-state index is -0.0179. The Kier molecular flexibility index (Phi) is 4.79. The Bertz CT molecular complexity index is 964. The maximum absolute atomic E-state index is 12.7. The van der Waals surface area contributed by atoms with Crippen LogP contribution in [0.15, 0.2) is 42.6 Å². The first kappa shape index (κ1) is 17.5. The molecule has 27 heavy (non-hydrogen) atoms. The largest absolute Gasteiger partial charge is 0.324 e. The lowest BCUT2D eigenvalue weighted by molar-refractivity contribution is 0.170. The van der Waals surface area contributed by atoms with E-state index in [1.54, 1.807) is 0 Å². The number of carbonyl (C=O) groups is 1. The highest BCUT2D eigenvalue weighted by molar-refractivity contribution is 5.89. The number of rotatable bonds is 3. The smallest absolute Gasteiger partial charge is 0.321 e. The number of anilines is 1. The van der Waals surface area contributed by atoms with Gasteiger partial charge in [-0.25, -0.2) is 14.8 Å². The molecule has 3 heterocycles. The number of nitrogens with zero attached hydrogens (tertiary/aromatic N) is 4. The van der Waals surface area contributed by atoms with Gasteiger partial charge in [-0.05, 0) is 62.4 Å². The molecule has 6 nitrogen and oxygen atoms in total. The van der Waals surface area contributed by atoms with E-state index in [0.29, 0.717) is 5.92 Å². The number of urea groups is 1. The van der Waals surface area contributed by atoms with Crippen LogP contribution in [-0.2, 0) is 6.54 Å². The molecule has 140 valence electrons. The fourth-order valence-corrected chi connectivity index (χ4v) is 3.87.